The molecule has 1 fully saturated rings. The second-order valence-corrected chi connectivity index (χ2v) is 7.83. The second kappa shape index (κ2) is 5.78. The minimum atomic E-state index is 0.619. The zero-order valence-electron chi connectivity index (χ0n) is 14.6. The molecule has 1 aromatic carbocycles. The Kier molecular flexibility index (Phi) is 3.75. The number of aryl methyl sites for hydroxylation is 2. The molecule has 0 unspecified atom stereocenters. The van der Waals surface area contributed by atoms with Crippen molar-refractivity contribution in [1.29, 1.82) is 0 Å². The highest BCUT2D eigenvalue weighted by Crippen LogP contribution is 2.47. The molecule has 0 radical (unpaired) electrons. The van der Waals surface area contributed by atoms with Gasteiger partial charge >= 0.3 is 0 Å². The fraction of sp³-hybridized carbons (Fsp3) is 0.500. The molecule has 1 saturated carbocycles. The Morgan fingerprint density at radius 2 is 1.74 bits per heavy atom. The summed E-state index contributed by atoms with van der Waals surface area (Å²) >= 11 is 0. The van der Waals surface area contributed by atoms with Crippen LogP contribution in [-0.2, 0) is 19.9 Å². The lowest BCUT2D eigenvalue weighted by molar-refractivity contribution is -0.660. The first-order valence-electron chi connectivity index (χ1n) is 9.25. The Bertz CT molecular complexity index is 723. The van der Waals surface area contributed by atoms with E-state index in [1.165, 1.54) is 68.2 Å². The Hall–Kier alpha value is -1.63. The van der Waals surface area contributed by atoms with E-state index in [0.29, 0.717) is 5.41 Å². The van der Waals surface area contributed by atoms with Crippen molar-refractivity contribution in [2.24, 2.45) is 12.5 Å². The fourth-order valence-electron chi connectivity index (χ4n) is 4.99. The van der Waals surface area contributed by atoms with Gasteiger partial charge < -0.3 is 0 Å². The summed E-state index contributed by atoms with van der Waals surface area (Å²) in [6, 6.07) is 11.2. The molecule has 0 N–H and O–H groups in total. The van der Waals surface area contributed by atoms with Gasteiger partial charge in [0.05, 0.1) is 0 Å². The monoisotopic (exact) mass is 306 g/mol. The summed E-state index contributed by atoms with van der Waals surface area (Å²) in [6.45, 7) is 2.24. The predicted octanol–water partition coefficient (Wildman–Crippen LogP) is 4.93. The van der Waals surface area contributed by atoms with E-state index < -0.39 is 0 Å². The molecule has 120 valence electrons. The van der Waals surface area contributed by atoms with Gasteiger partial charge in [-0.25, -0.2) is 4.57 Å². The van der Waals surface area contributed by atoms with Gasteiger partial charge in [0.25, 0.3) is 0 Å². The van der Waals surface area contributed by atoms with E-state index in [0.717, 1.165) is 0 Å². The molecule has 1 heteroatoms. The van der Waals surface area contributed by atoms with Crippen molar-refractivity contribution in [2.75, 3.05) is 0 Å². The minimum Gasteiger partial charge on any atom is -0.201 e. The predicted molar refractivity (Wildman–Crippen MR) is 95.3 cm³/mol. The van der Waals surface area contributed by atoms with Crippen LogP contribution in [0.2, 0.25) is 0 Å². The van der Waals surface area contributed by atoms with E-state index in [1.54, 1.807) is 11.1 Å². The number of nitrogens with zero attached hydrogens (tertiary/aromatic N) is 1. The third-order valence-electron chi connectivity index (χ3n) is 6.31. The van der Waals surface area contributed by atoms with Crippen LogP contribution in [0.5, 0.6) is 0 Å². The van der Waals surface area contributed by atoms with Crippen molar-refractivity contribution in [1.82, 2.24) is 0 Å². The summed E-state index contributed by atoms with van der Waals surface area (Å²) in [6.07, 6.45) is 13.5. The van der Waals surface area contributed by atoms with Crippen molar-refractivity contribution in [3.8, 4) is 11.3 Å². The molecular formula is C22H28N+. The maximum Gasteiger partial charge on any atom is 0.216 e. The molecule has 4 rings (SSSR count). The lowest BCUT2D eigenvalue weighted by Crippen LogP contribution is -2.37. The number of hydrogen-bond acceptors (Lipinski definition) is 0. The maximum absolute atomic E-state index is 2.40. The van der Waals surface area contributed by atoms with Gasteiger partial charge in [0, 0.05) is 17.2 Å². The Labute approximate surface area is 140 Å². The first-order valence-corrected chi connectivity index (χ1v) is 9.25. The van der Waals surface area contributed by atoms with Crippen molar-refractivity contribution >= 4 is 0 Å². The number of rotatable bonds is 1. The van der Waals surface area contributed by atoms with E-state index in [-0.39, 0.29) is 0 Å². The van der Waals surface area contributed by atoms with Crippen LogP contribution in [0.4, 0.5) is 0 Å². The van der Waals surface area contributed by atoms with E-state index in [4.69, 9.17) is 0 Å². The summed E-state index contributed by atoms with van der Waals surface area (Å²) in [5.41, 5.74) is 8.09. The van der Waals surface area contributed by atoms with Crippen molar-refractivity contribution < 1.29 is 4.57 Å². The van der Waals surface area contributed by atoms with Crippen molar-refractivity contribution in [2.45, 2.75) is 58.3 Å². The highest BCUT2D eigenvalue weighted by molar-refractivity contribution is 5.65. The smallest absolute Gasteiger partial charge is 0.201 e. The molecule has 1 nitrogen and oxygen atoms in total. The van der Waals surface area contributed by atoms with Crippen molar-refractivity contribution in [3.05, 3.63) is 53.2 Å². The molecule has 2 aliphatic carbocycles. The summed E-state index contributed by atoms with van der Waals surface area (Å²) < 4.78 is 2.33. The van der Waals surface area contributed by atoms with Crippen LogP contribution in [0.3, 0.4) is 0 Å². The molecule has 0 atom stereocenters. The largest absolute Gasteiger partial charge is 0.216 e. The first-order chi connectivity index (χ1) is 11.2. The normalized spacial score (nSPS) is 19.6. The van der Waals surface area contributed by atoms with E-state index in [2.05, 4.69) is 55.1 Å². The zero-order valence-corrected chi connectivity index (χ0v) is 14.6. The Morgan fingerprint density at radius 3 is 2.52 bits per heavy atom. The molecule has 0 saturated heterocycles. The van der Waals surface area contributed by atoms with Crippen LogP contribution in [0, 0.1) is 12.3 Å². The third-order valence-corrected chi connectivity index (χ3v) is 6.31. The van der Waals surface area contributed by atoms with Gasteiger partial charge in [-0.05, 0) is 61.6 Å². The van der Waals surface area contributed by atoms with E-state index in [9.17, 15) is 0 Å². The molecule has 1 aromatic heterocycles. The molecule has 0 bridgehead atoms. The van der Waals surface area contributed by atoms with Gasteiger partial charge in [-0.1, -0.05) is 37.5 Å². The number of pyridine rings is 1. The quantitative estimate of drug-likeness (QED) is 0.658. The molecule has 2 aliphatic rings. The fourth-order valence-corrected chi connectivity index (χ4v) is 4.99. The average Bonchev–Trinajstić information content (AvgIpc) is 2.57. The second-order valence-electron chi connectivity index (χ2n) is 7.83. The van der Waals surface area contributed by atoms with Crippen LogP contribution in [0.1, 0.15) is 55.2 Å². The van der Waals surface area contributed by atoms with Gasteiger partial charge in [0.15, 0.2) is 6.20 Å². The van der Waals surface area contributed by atoms with E-state index in [1.807, 2.05) is 0 Å². The lowest BCUT2D eigenvalue weighted by Gasteiger charge is -2.41. The lowest BCUT2D eigenvalue weighted by atomic mass is 9.64. The van der Waals surface area contributed by atoms with E-state index >= 15 is 0 Å². The van der Waals surface area contributed by atoms with Gasteiger partial charge in [-0.2, -0.15) is 0 Å². The number of benzene rings is 1. The third kappa shape index (κ3) is 2.60. The Balaban J connectivity index is 1.79. The number of hydrogen-bond donors (Lipinski definition) is 0. The summed E-state index contributed by atoms with van der Waals surface area (Å²) in [5.74, 6) is 0. The first kappa shape index (κ1) is 14.9. The zero-order chi connectivity index (χ0) is 15.9. The number of aromatic nitrogens is 1. The SMILES string of the molecule is Cc1ccccc1-c1c2c(cc[n+]1C)CC1(CCCCC1)CC2. The molecule has 0 amide bonds. The van der Waals surface area contributed by atoms with Crippen LogP contribution < -0.4 is 4.57 Å². The van der Waals surface area contributed by atoms with Crippen LogP contribution >= 0.6 is 0 Å². The molecule has 23 heavy (non-hydrogen) atoms. The van der Waals surface area contributed by atoms with Gasteiger partial charge in [0.1, 0.15) is 7.05 Å². The van der Waals surface area contributed by atoms with Gasteiger partial charge in [0.2, 0.25) is 5.69 Å². The molecule has 1 spiro atoms. The number of fused-ring (bicyclic) bond motifs is 1. The highest BCUT2D eigenvalue weighted by atomic mass is 14.9. The van der Waals surface area contributed by atoms with Gasteiger partial charge in [-0.15, -0.1) is 0 Å². The minimum absolute atomic E-state index is 0.619. The summed E-state index contributed by atoms with van der Waals surface area (Å²) in [7, 11) is 2.20. The topological polar surface area (TPSA) is 3.88 Å². The Morgan fingerprint density at radius 1 is 0.957 bits per heavy atom. The maximum atomic E-state index is 2.40. The molecule has 2 aromatic rings. The van der Waals surface area contributed by atoms with Gasteiger partial charge in [-0.3, -0.25) is 0 Å². The molecule has 0 aliphatic heterocycles. The molecular weight excluding hydrogens is 278 g/mol. The van der Waals surface area contributed by atoms with Crippen molar-refractivity contribution in [3.63, 3.8) is 0 Å². The summed E-state index contributed by atoms with van der Waals surface area (Å²) in [5, 5.41) is 0. The summed E-state index contributed by atoms with van der Waals surface area (Å²) in [4.78, 5) is 0. The van der Waals surface area contributed by atoms with Crippen LogP contribution in [-0.4, -0.2) is 0 Å². The molecule has 1 heterocycles. The highest BCUT2D eigenvalue weighted by Gasteiger charge is 2.37. The van der Waals surface area contributed by atoms with Crippen LogP contribution in [0.15, 0.2) is 36.5 Å². The average molecular weight is 306 g/mol. The standard InChI is InChI=1S/C22H28N/c1-17-8-4-5-9-19(17)21-20-10-14-22(12-6-3-7-13-22)16-18(20)11-15-23(21)2/h4-5,8-9,11,15H,3,6-7,10,12-14,16H2,1-2H3/q+1. The van der Waals surface area contributed by atoms with Crippen LogP contribution in [0.25, 0.3) is 11.3 Å².